The van der Waals surface area contributed by atoms with Gasteiger partial charge in [-0.05, 0) is 25.3 Å². The summed E-state index contributed by atoms with van der Waals surface area (Å²) in [6, 6.07) is 3.96. The minimum atomic E-state index is -0.538. The highest BCUT2D eigenvalue weighted by Gasteiger charge is 2.21. The normalized spacial score (nSPS) is 21.7. The van der Waals surface area contributed by atoms with Crippen LogP contribution in [0.25, 0.3) is 0 Å². The smallest absolute Gasteiger partial charge is 0.130 e. The zero-order chi connectivity index (χ0) is 12.3. The van der Waals surface area contributed by atoms with E-state index in [1.54, 1.807) is 0 Å². The molecule has 0 aromatic heterocycles. The van der Waals surface area contributed by atoms with Crippen molar-refractivity contribution < 1.29 is 13.5 Å². The molecule has 1 aliphatic rings. The van der Waals surface area contributed by atoms with Gasteiger partial charge in [0.1, 0.15) is 11.6 Å². The second kappa shape index (κ2) is 5.56. The van der Waals surface area contributed by atoms with Crippen molar-refractivity contribution >= 4 is 0 Å². The van der Waals surface area contributed by atoms with Crippen molar-refractivity contribution in [3.63, 3.8) is 0 Å². The quantitative estimate of drug-likeness (QED) is 0.874. The summed E-state index contributed by atoms with van der Waals surface area (Å²) >= 11 is 0. The molecule has 0 aliphatic carbocycles. The van der Waals surface area contributed by atoms with Crippen LogP contribution in [0.15, 0.2) is 18.2 Å². The van der Waals surface area contributed by atoms with Gasteiger partial charge in [-0.15, -0.1) is 0 Å². The lowest BCUT2D eigenvalue weighted by atomic mass is 10.0. The van der Waals surface area contributed by atoms with Crippen LogP contribution in [-0.2, 0) is 11.3 Å². The molecule has 2 nitrogen and oxygen atoms in total. The molecule has 2 rings (SSSR count). The molecule has 1 N–H and O–H groups in total. The molecule has 1 aromatic rings. The molecular weight excluding hydrogens is 224 g/mol. The van der Waals surface area contributed by atoms with Gasteiger partial charge in [-0.2, -0.15) is 0 Å². The summed E-state index contributed by atoms with van der Waals surface area (Å²) in [6.07, 6.45) is 1.04. The first-order valence-electron chi connectivity index (χ1n) is 5.92. The Hall–Kier alpha value is -1.00. The largest absolute Gasteiger partial charge is 0.381 e. The first-order valence-corrected chi connectivity index (χ1v) is 5.92. The first kappa shape index (κ1) is 12.5. The predicted molar refractivity (Wildman–Crippen MR) is 61.6 cm³/mol. The van der Waals surface area contributed by atoms with Gasteiger partial charge in [0.05, 0.1) is 6.61 Å². The van der Waals surface area contributed by atoms with E-state index < -0.39 is 11.6 Å². The number of rotatable bonds is 4. The molecule has 1 heterocycles. The van der Waals surface area contributed by atoms with E-state index in [9.17, 15) is 8.78 Å². The van der Waals surface area contributed by atoms with Crippen molar-refractivity contribution in [3.8, 4) is 0 Å². The summed E-state index contributed by atoms with van der Waals surface area (Å²) in [5.41, 5.74) is 0.497. The molecule has 1 fully saturated rings. The highest BCUT2D eigenvalue weighted by atomic mass is 19.1. The molecule has 1 saturated heterocycles. The lowest BCUT2D eigenvalue weighted by molar-refractivity contribution is 0.178. The molecule has 94 valence electrons. The van der Waals surface area contributed by atoms with Crippen LogP contribution in [0.5, 0.6) is 0 Å². The first-order chi connectivity index (χ1) is 8.16. The van der Waals surface area contributed by atoms with Crippen molar-refractivity contribution in [2.45, 2.75) is 25.9 Å². The summed E-state index contributed by atoms with van der Waals surface area (Å²) in [5, 5.41) is 3.26. The van der Waals surface area contributed by atoms with Gasteiger partial charge >= 0.3 is 0 Å². The third-order valence-electron chi connectivity index (χ3n) is 3.30. The summed E-state index contributed by atoms with van der Waals surface area (Å²) in [7, 11) is 0. The Morgan fingerprint density at radius 3 is 2.94 bits per heavy atom. The van der Waals surface area contributed by atoms with Gasteiger partial charge < -0.3 is 10.1 Å². The van der Waals surface area contributed by atoms with Crippen molar-refractivity contribution in [2.24, 2.45) is 5.92 Å². The second-order valence-electron chi connectivity index (χ2n) is 4.53. The molecule has 0 radical (unpaired) electrons. The van der Waals surface area contributed by atoms with E-state index in [4.69, 9.17) is 4.74 Å². The van der Waals surface area contributed by atoms with Crippen LogP contribution >= 0.6 is 0 Å². The van der Waals surface area contributed by atoms with E-state index in [2.05, 4.69) is 12.2 Å². The van der Waals surface area contributed by atoms with Crippen molar-refractivity contribution in [3.05, 3.63) is 35.4 Å². The van der Waals surface area contributed by atoms with Crippen molar-refractivity contribution in [1.82, 2.24) is 5.32 Å². The van der Waals surface area contributed by atoms with Crippen LogP contribution in [-0.4, -0.2) is 19.3 Å². The minimum Gasteiger partial charge on any atom is -0.381 e. The molecule has 0 bridgehead atoms. The topological polar surface area (TPSA) is 21.3 Å². The van der Waals surface area contributed by atoms with Crippen molar-refractivity contribution in [1.29, 1.82) is 0 Å². The Bertz CT molecular complexity index is 378. The Morgan fingerprint density at radius 2 is 2.29 bits per heavy atom. The molecule has 0 amide bonds. The number of nitrogens with one attached hydrogen (secondary N) is 1. The van der Waals surface area contributed by atoms with Gasteiger partial charge in [0, 0.05) is 30.8 Å². The predicted octanol–water partition coefficient (Wildman–Crippen LogP) is 2.48. The van der Waals surface area contributed by atoms with E-state index in [1.165, 1.54) is 12.1 Å². The maximum absolute atomic E-state index is 13.4. The Labute approximate surface area is 100.0 Å². The maximum Gasteiger partial charge on any atom is 0.130 e. The number of hydrogen-bond acceptors (Lipinski definition) is 2. The number of hydrogen-bond donors (Lipinski definition) is 1. The molecule has 2 atom stereocenters. The fourth-order valence-corrected chi connectivity index (χ4v) is 2.05. The molecule has 17 heavy (non-hydrogen) atoms. The van der Waals surface area contributed by atoms with E-state index in [0.29, 0.717) is 18.0 Å². The fourth-order valence-electron chi connectivity index (χ4n) is 2.05. The van der Waals surface area contributed by atoms with E-state index in [-0.39, 0.29) is 6.04 Å². The van der Waals surface area contributed by atoms with Gasteiger partial charge in [-0.1, -0.05) is 6.07 Å². The van der Waals surface area contributed by atoms with Gasteiger partial charge in [0.2, 0.25) is 0 Å². The molecule has 4 heteroatoms. The minimum absolute atomic E-state index is 0.280. The molecule has 2 unspecified atom stereocenters. The van der Waals surface area contributed by atoms with Crippen LogP contribution in [0, 0.1) is 17.6 Å². The van der Waals surface area contributed by atoms with Crippen LogP contribution in [0.4, 0.5) is 8.78 Å². The zero-order valence-electron chi connectivity index (χ0n) is 9.88. The summed E-state index contributed by atoms with van der Waals surface area (Å²) in [5.74, 6) is -0.547. The number of halogens is 2. The highest BCUT2D eigenvalue weighted by Crippen LogP contribution is 2.17. The van der Waals surface area contributed by atoms with Crippen LogP contribution in [0.3, 0.4) is 0 Å². The lowest BCUT2D eigenvalue weighted by Gasteiger charge is -2.19. The summed E-state index contributed by atoms with van der Waals surface area (Å²) < 4.78 is 31.4. The van der Waals surface area contributed by atoms with Gasteiger partial charge in [0.15, 0.2) is 0 Å². The SMILES string of the molecule is CC(NCc1ccc(F)cc1F)C1CCOC1. The Morgan fingerprint density at radius 1 is 1.47 bits per heavy atom. The van der Waals surface area contributed by atoms with Crippen LogP contribution in [0.1, 0.15) is 18.9 Å². The Kier molecular flexibility index (Phi) is 4.07. The molecular formula is C13H17F2NO. The third-order valence-corrected chi connectivity index (χ3v) is 3.30. The van der Waals surface area contributed by atoms with Gasteiger partial charge in [-0.25, -0.2) is 8.78 Å². The molecule has 0 saturated carbocycles. The van der Waals surface area contributed by atoms with Crippen LogP contribution in [0.2, 0.25) is 0 Å². The summed E-state index contributed by atoms with van der Waals surface area (Å²) in [6.45, 7) is 4.06. The van der Waals surface area contributed by atoms with Gasteiger partial charge in [0.25, 0.3) is 0 Å². The van der Waals surface area contributed by atoms with E-state index >= 15 is 0 Å². The number of ether oxygens (including phenoxy) is 1. The maximum atomic E-state index is 13.4. The third kappa shape index (κ3) is 3.23. The van der Waals surface area contributed by atoms with Crippen molar-refractivity contribution in [2.75, 3.05) is 13.2 Å². The highest BCUT2D eigenvalue weighted by molar-refractivity contribution is 5.18. The van der Waals surface area contributed by atoms with Gasteiger partial charge in [-0.3, -0.25) is 0 Å². The monoisotopic (exact) mass is 241 g/mol. The van der Waals surface area contributed by atoms with E-state index in [1.807, 2.05) is 0 Å². The second-order valence-corrected chi connectivity index (χ2v) is 4.53. The lowest BCUT2D eigenvalue weighted by Crippen LogP contribution is -2.33. The van der Waals surface area contributed by atoms with E-state index in [0.717, 1.165) is 25.7 Å². The molecule has 1 aliphatic heterocycles. The standard InChI is InChI=1S/C13H17F2NO/c1-9(11-4-5-17-8-11)16-7-10-2-3-12(14)6-13(10)15/h2-3,6,9,11,16H,4-5,7-8H2,1H3. The molecule has 1 aromatic carbocycles. The fraction of sp³-hybridized carbons (Fsp3) is 0.538. The zero-order valence-corrected chi connectivity index (χ0v) is 9.88. The average molecular weight is 241 g/mol. The molecule has 0 spiro atoms. The average Bonchev–Trinajstić information content (AvgIpc) is 2.81. The van der Waals surface area contributed by atoms with Crippen LogP contribution < -0.4 is 5.32 Å². The Balaban J connectivity index is 1.88. The summed E-state index contributed by atoms with van der Waals surface area (Å²) in [4.78, 5) is 0. The number of benzene rings is 1.